The Morgan fingerprint density at radius 2 is 1.78 bits per heavy atom. The molecule has 7 heteroatoms. The number of imidazole rings is 1. The van der Waals surface area contributed by atoms with E-state index in [9.17, 15) is 9.18 Å². The highest BCUT2D eigenvalue weighted by Crippen LogP contribution is 2.33. The van der Waals surface area contributed by atoms with Crippen LogP contribution >= 0.6 is 11.6 Å². The third-order valence-corrected chi connectivity index (χ3v) is 5.96. The third kappa shape index (κ3) is 4.06. The van der Waals surface area contributed by atoms with Crippen LogP contribution in [-0.2, 0) is 11.3 Å². The maximum Gasteiger partial charge on any atom is 0.227 e. The minimum absolute atomic E-state index is 0.0117. The predicted octanol–water partition coefficient (Wildman–Crippen LogP) is 5.43. The SMILES string of the molecule is O=C1CC(c2nc3ccccc3n2CCOc2ccc(Cl)cc2)CN1c1ccc(F)cc1. The summed E-state index contributed by atoms with van der Waals surface area (Å²) in [6, 6.07) is 21.2. The average Bonchev–Trinajstić information content (AvgIpc) is 3.36. The Kier molecular flexibility index (Phi) is 5.53. The molecule has 0 radical (unpaired) electrons. The van der Waals surface area contributed by atoms with E-state index in [1.165, 1.54) is 12.1 Å². The summed E-state index contributed by atoms with van der Waals surface area (Å²) >= 11 is 5.94. The van der Waals surface area contributed by atoms with Gasteiger partial charge in [-0.3, -0.25) is 4.79 Å². The first-order valence-electron chi connectivity index (χ1n) is 10.5. The van der Waals surface area contributed by atoms with Gasteiger partial charge < -0.3 is 14.2 Å². The zero-order chi connectivity index (χ0) is 22.1. The molecule has 1 amide bonds. The third-order valence-electron chi connectivity index (χ3n) is 5.71. The van der Waals surface area contributed by atoms with Gasteiger partial charge in [-0.1, -0.05) is 23.7 Å². The van der Waals surface area contributed by atoms with Gasteiger partial charge in [-0.15, -0.1) is 0 Å². The molecule has 0 saturated carbocycles. The lowest BCUT2D eigenvalue weighted by Crippen LogP contribution is -2.24. The maximum absolute atomic E-state index is 13.3. The molecule has 5 rings (SSSR count). The highest BCUT2D eigenvalue weighted by atomic mass is 35.5. The average molecular weight is 450 g/mol. The second-order valence-corrected chi connectivity index (χ2v) is 8.23. The predicted molar refractivity (Wildman–Crippen MR) is 123 cm³/mol. The van der Waals surface area contributed by atoms with Crippen LogP contribution < -0.4 is 9.64 Å². The minimum atomic E-state index is -0.320. The Morgan fingerprint density at radius 1 is 1.03 bits per heavy atom. The molecule has 1 unspecified atom stereocenters. The Bertz CT molecular complexity index is 1250. The fourth-order valence-corrected chi connectivity index (χ4v) is 4.30. The number of fused-ring (bicyclic) bond motifs is 1. The highest BCUT2D eigenvalue weighted by molar-refractivity contribution is 6.30. The first kappa shape index (κ1) is 20.5. The molecule has 162 valence electrons. The first-order chi connectivity index (χ1) is 15.6. The molecule has 3 aromatic carbocycles. The normalized spacial score (nSPS) is 16.1. The Labute approximate surface area is 190 Å². The zero-order valence-electron chi connectivity index (χ0n) is 17.2. The summed E-state index contributed by atoms with van der Waals surface area (Å²) in [5, 5.41) is 0.664. The number of hydrogen-bond donors (Lipinski definition) is 0. The van der Waals surface area contributed by atoms with Crippen molar-refractivity contribution in [1.82, 2.24) is 9.55 Å². The number of para-hydroxylation sites is 2. The van der Waals surface area contributed by atoms with Gasteiger partial charge in [0.25, 0.3) is 0 Å². The number of ether oxygens (including phenoxy) is 1. The van der Waals surface area contributed by atoms with Crippen molar-refractivity contribution in [2.24, 2.45) is 0 Å². The molecule has 4 aromatic rings. The van der Waals surface area contributed by atoms with E-state index >= 15 is 0 Å². The lowest BCUT2D eigenvalue weighted by Gasteiger charge is -2.17. The van der Waals surface area contributed by atoms with Crippen LogP contribution in [0.25, 0.3) is 11.0 Å². The lowest BCUT2D eigenvalue weighted by atomic mass is 10.1. The van der Waals surface area contributed by atoms with Crippen molar-refractivity contribution < 1.29 is 13.9 Å². The fourth-order valence-electron chi connectivity index (χ4n) is 4.18. The Hall–Kier alpha value is -3.38. The fraction of sp³-hybridized carbons (Fsp3) is 0.200. The van der Waals surface area contributed by atoms with Crippen molar-refractivity contribution in [1.29, 1.82) is 0 Å². The molecule has 5 nitrogen and oxygen atoms in total. The molecular formula is C25H21ClFN3O2. The molecule has 1 aliphatic heterocycles. The van der Waals surface area contributed by atoms with Crippen molar-refractivity contribution in [3.8, 4) is 5.75 Å². The molecule has 2 heterocycles. The molecule has 32 heavy (non-hydrogen) atoms. The van der Waals surface area contributed by atoms with E-state index in [1.54, 1.807) is 29.2 Å². The summed E-state index contributed by atoms with van der Waals surface area (Å²) in [7, 11) is 0. The van der Waals surface area contributed by atoms with E-state index in [1.807, 2.05) is 36.4 Å². The number of halogens is 2. The minimum Gasteiger partial charge on any atom is -0.492 e. The van der Waals surface area contributed by atoms with Gasteiger partial charge in [0.05, 0.1) is 17.6 Å². The van der Waals surface area contributed by atoms with E-state index in [0.29, 0.717) is 36.8 Å². The molecule has 0 spiro atoms. The van der Waals surface area contributed by atoms with Crippen molar-refractivity contribution in [3.63, 3.8) is 0 Å². The number of carbonyl (C=O) groups is 1. The number of benzene rings is 3. The number of rotatable bonds is 6. The van der Waals surface area contributed by atoms with Gasteiger partial charge in [-0.05, 0) is 60.7 Å². The summed E-state index contributed by atoms with van der Waals surface area (Å²) in [6.07, 6.45) is 0.360. The van der Waals surface area contributed by atoms with Gasteiger partial charge in [0, 0.05) is 29.6 Å². The number of aromatic nitrogens is 2. The molecule has 1 aromatic heterocycles. The van der Waals surface area contributed by atoms with Crippen LogP contribution in [0.1, 0.15) is 18.2 Å². The second kappa shape index (κ2) is 8.63. The van der Waals surface area contributed by atoms with Gasteiger partial charge >= 0.3 is 0 Å². The van der Waals surface area contributed by atoms with Gasteiger partial charge in [0.1, 0.15) is 24.0 Å². The summed E-state index contributed by atoms with van der Waals surface area (Å²) < 4.78 is 21.3. The van der Waals surface area contributed by atoms with Crippen LogP contribution in [0.5, 0.6) is 5.75 Å². The smallest absolute Gasteiger partial charge is 0.227 e. The zero-order valence-corrected chi connectivity index (χ0v) is 18.0. The van der Waals surface area contributed by atoms with Crippen LogP contribution in [0, 0.1) is 5.82 Å². The van der Waals surface area contributed by atoms with Gasteiger partial charge in [0.15, 0.2) is 0 Å². The number of anilines is 1. The summed E-state index contributed by atoms with van der Waals surface area (Å²) in [6.45, 7) is 1.56. The van der Waals surface area contributed by atoms with Crippen LogP contribution in [0.2, 0.25) is 5.02 Å². The van der Waals surface area contributed by atoms with E-state index in [2.05, 4.69) is 4.57 Å². The Balaban J connectivity index is 1.39. The van der Waals surface area contributed by atoms with E-state index in [4.69, 9.17) is 21.3 Å². The van der Waals surface area contributed by atoms with Crippen LogP contribution in [-0.4, -0.2) is 28.6 Å². The standard InChI is InChI=1S/C25H21ClFN3O2/c26-18-5-11-21(12-6-18)32-14-13-29-23-4-2-1-3-22(23)28-25(29)17-15-24(31)30(16-17)20-9-7-19(27)8-10-20/h1-12,17H,13-16H2. The summed E-state index contributed by atoms with van der Waals surface area (Å²) in [4.78, 5) is 19.3. The van der Waals surface area contributed by atoms with Crippen LogP contribution in [0.3, 0.4) is 0 Å². The molecule has 0 N–H and O–H groups in total. The molecule has 0 bridgehead atoms. The molecule has 1 atom stereocenters. The number of nitrogens with zero attached hydrogens (tertiary/aromatic N) is 3. The van der Waals surface area contributed by atoms with E-state index in [0.717, 1.165) is 22.6 Å². The largest absolute Gasteiger partial charge is 0.492 e. The number of hydrogen-bond acceptors (Lipinski definition) is 3. The first-order valence-corrected chi connectivity index (χ1v) is 10.9. The van der Waals surface area contributed by atoms with Gasteiger partial charge in [-0.2, -0.15) is 0 Å². The van der Waals surface area contributed by atoms with Crippen molar-refractivity contribution in [2.75, 3.05) is 18.1 Å². The van der Waals surface area contributed by atoms with Crippen molar-refractivity contribution >= 4 is 34.2 Å². The van der Waals surface area contributed by atoms with Crippen LogP contribution in [0.15, 0.2) is 72.8 Å². The monoisotopic (exact) mass is 449 g/mol. The van der Waals surface area contributed by atoms with Gasteiger partial charge in [0.2, 0.25) is 5.91 Å². The topological polar surface area (TPSA) is 47.4 Å². The van der Waals surface area contributed by atoms with E-state index < -0.39 is 0 Å². The van der Waals surface area contributed by atoms with Crippen molar-refractivity contribution in [2.45, 2.75) is 18.9 Å². The molecular weight excluding hydrogens is 429 g/mol. The van der Waals surface area contributed by atoms with Gasteiger partial charge in [-0.25, -0.2) is 9.37 Å². The summed E-state index contributed by atoms with van der Waals surface area (Å²) in [5.74, 6) is 1.25. The number of carbonyl (C=O) groups excluding carboxylic acids is 1. The van der Waals surface area contributed by atoms with Crippen molar-refractivity contribution in [3.05, 3.63) is 89.5 Å². The summed E-state index contributed by atoms with van der Waals surface area (Å²) in [5.41, 5.74) is 2.60. The Morgan fingerprint density at radius 3 is 2.56 bits per heavy atom. The van der Waals surface area contributed by atoms with E-state index in [-0.39, 0.29) is 17.6 Å². The molecule has 1 fully saturated rings. The lowest BCUT2D eigenvalue weighted by molar-refractivity contribution is -0.117. The molecule has 0 aliphatic carbocycles. The maximum atomic E-state index is 13.3. The second-order valence-electron chi connectivity index (χ2n) is 7.79. The molecule has 1 saturated heterocycles. The van der Waals surface area contributed by atoms with Crippen LogP contribution in [0.4, 0.5) is 10.1 Å². The quantitative estimate of drug-likeness (QED) is 0.394. The highest BCUT2D eigenvalue weighted by Gasteiger charge is 2.34. The number of amides is 1. The molecule has 1 aliphatic rings.